The number of rotatable bonds is 5. The zero-order valence-corrected chi connectivity index (χ0v) is 18.0. The molecule has 2 heterocycles. The van der Waals surface area contributed by atoms with E-state index in [4.69, 9.17) is 9.98 Å². The maximum absolute atomic E-state index is 4.79. The van der Waals surface area contributed by atoms with Gasteiger partial charge >= 0.3 is 0 Å². The Bertz CT molecular complexity index is 1050. The first-order valence-corrected chi connectivity index (χ1v) is 10.5. The molecule has 0 aliphatic carbocycles. The summed E-state index contributed by atoms with van der Waals surface area (Å²) >= 11 is 0. The van der Waals surface area contributed by atoms with Crippen LogP contribution in [0.1, 0.15) is 18.9 Å². The van der Waals surface area contributed by atoms with Gasteiger partial charge in [-0.3, -0.25) is 4.99 Å². The van der Waals surface area contributed by atoms with Gasteiger partial charge in [-0.2, -0.15) is 0 Å². The van der Waals surface area contributed by atoms with Crippen LogP contribution < -0.4 is 10.2 Å². The maximum Gasteiger partial charge on any atom is 0.145 e. The predicted molar refractivity (Wildman–Crippen MR) is 127 cm³/mol. The van der Waals surface area contributed by atoms with Crippen molar-refractivity contribution < 1.29 is 0 Å². The van der Waals surface area contributed by atoms with E-state index in [0.29, 0.717) is 5.82 Å². The number of dihydropyridines is 1. The normalized spacial score (nSPS) is 15.9. The Morgan fingerprint density at radius 1 is 1.13 bits per heavy atom. The first-order chi connectivity index (χ1) is 14.6. The van der Waals surface area contributed by atoms with E-state index in [0.717, 1.165) is 49.0 Å². The summed E-state index contributed by atoms with van der Waals surface area (Å²) in [6, 6.07) is 17.3. The number of nitrogens with zero attached hydrogens (tertiary/aromatic N) is 4. The van der Waals surface area contributed by atoms with Crippen molar-refractivity contribution in [3.05, 3.63) is 78.1 Å². The summed E-state index contributed by atoms with van der Waals surface area (Å²) in [7, 11) is 4.03. The molecule has 2 aliphatic rings. The second-order valence-corrected chi connectivity index (χ2v) is 7.61. The molecule has 30 heavy (non-hydrogen) atoms. The first kappa shape index (κ1) is 20.1. The van der Waals surface area contributed by atoms with Crippen LogP contribution in [-0.4, -0.2) is 43.8 Å². The minimum absolute atomic E-state index is 0.710. The molecule has 0 spiro atoms. The third-order valence-electron chi connectivity index (χ3n) is 5.55. The summed E-state index contributed by atoms with van der Waals surface area (Å²) in [5.74, 6) is 2.56. The number of likely N-dealkylation sites (N-methyl/N-ethyl adjacent to an activating group) is 2. The molecular formula is C25H29N5. The summed E-state index contributed by atoms with van der Waals surface area (Å²) in [5, 5.41) is 3.40. The van der Waals surface area contributed by atoms with Gasteiger partial charge in [0.05, 0.1) is 5.57 Å². The van der Waals surface area contributed by atoms with Crippen molar-refractivity contribution in [1.29, 1.82) is 0 Å². The number of aliphatic imine (C=N–C) groups is 2. The number of hydrogen-bond donors (Lipinski definition) is 1. The lowest BCUT2D eigenvalue weighted by Gasteiger charge is -2.34. The second kappa shape index (κ2) is 8.67. The Hall–Kier alpha value is -3.18. The van der Waals surface area contributed by atoms with E-state index in [9.17, 15) is 0 Å². The topological polar surface area (TPSA) is 43.2 Å². The molecule has 5 heteroatoms. The van der Waals surface area contributed by atoms with E-state index in [1.54, 1.807) is 0 Å². The third kappa shape index (κ3) is 3.94. The number of nitrogens with one attached hydrogen (secondary N) is 1. The monoisotopic (exact) mass is 399 g/mol. The lowest BCUT2D eigenvalue weighted by molar-refractivity contribution is 0.606. The van der Waals surface area contributed by atoms with Crippen LogP contribution in [0.15, 0.2) is 82.6 Å². The molecule has 5 nitrogen and oxygen atoms in total. The van der Waals surface area contributed by atoms with Crippen LogP contribution in [0.3, 0.4) is 0 Å². The molecular weight excluding hydrogens is 370 g/mol. The summed E-state index contributed by atoms with van der Waals surface area (Å²) in [5.41, 5.74) is 5.87. The van der Waals surface area contributed by atoms with E-state index >= 15 is 0 Å². The van der Waals surface area contributed by atoms with E-state index < -0.39 is 0 Å². The quantitative estimate of drug-likeness (QED) is 0.808. The van der Waals surface area contributed by atoms with Crippen LogP contribution in [0.4, 0.5) is 5.69 Å². The van der Waals surface area contributed by atoms with Crippen molar-refractivity contribution in [1.82, 2.24) is 10.2 Å². The highest BCUT2D eigenvalue weighted by Gasteiger charge is 2.29. The van der Waals surface area contributed by atoms with Crippen LogP contribution in [0.25, 0.3) is 11.1 Å². The predicted octanol–water partition coefficient (Wildman–Crippen LogP) is 4.44. The van der Waals surface area contributed by atoms with Crippen LogP contribution in [-0.2, 0) is 6.54 Å². The number of amidine groups is 2. The van der Waals surface area contributed by atoms with Crippen molar-refractivity contribution in [2.24, 2.45) is 9.98 Å². The van der Waals surface area contributed by atoms with Crippen molar-refractivity contribution in [2.75, 3.05) is 32.1 Å². The Morgan fingerprint density at radius 2 is 1.90 bits per heavy atom. The van der Waals surface area contributed by atoms with Gasteiger partial charge in [-0.05, 0) is 47.9 Å². The Labute approximate surface area is 179 Å². The smallest absolute Gasteiger partial charge is 0.145 e. The molecule has 2 aromatic rings. The van der Waals surface area contributed by atoms with Gasteiger partial charge < -0.3 is 15.1 Å². The molecule has 0 fully saturated rings. The van der Waals surface area contributed by atoms with Crippen LogP contribution >= 0.6 is 0 Å². The van der Waals surface area contributed by atoms with Gasteiger partial charge in [0.2, 0.25) is 0 Å². The molecule has 1 N–H and O–H groups in total. The Balaban J connectivity index is 1.66. The maximum atomic E-state index is 4.79. The van der Waals surface area contributed by atoms with E-state index in [1.165, 1.54) is 16.7 Å². The zero-order valence-electron chi connectivity index (χ0n) is 18.0. The standard InChI is InChI=1S/C25H29N5/c1-5-26-17-19-9-6-10-20(15-19)21-11-7-12-22(16-21)30(4)25-23-13-8-14-27-24(23)29(3)18(2)28-25/h6-7,9-13,15-16,26H,2,5,8,14,17H2,1,3-4H3. The molecule has 0 unspecified atom stereocenters. The SMILES string of the molecule is C=C1N=C(N(C)c2cccc(-c3cccc(CNCC)c3)c2)C2=CCCN=C2N1C. The van der Waals surface area contributed by atoms with E-state index in [2.05, 4.69) is 85.4 Å². The minimum Gasteiger partial charge on any atom is -0.329 e. The number of hydrogen-bond acceptors (Lipinski definition) is 5. The highest BCUT2D eigenvalue weighted by Crippen LogP contribution is 2.29. The van der Waals surface area contributed by atoms with E-state index in [-0.39, 0.29) is 0 Å². The van der Waals surface area contributed by atoms with Crippen molar-refractivity contribution in [3.63, 3.8) is 0 Å². The van der Waals surface area contributed by atoms with Crippen LogP contribution in [0, 0.1) is 0 Å². The summed E-state index contributed by atoms with van der Waals surface area (Å²) < 4.78 is 0. The second-order valence-electron chi connectivity index (χ2n) is 7.61. The number of anilines is 1. The molecule has 0 saturated carbocycles. The first-order valence-electron chi connectivity index (χ1n) is 10.5. The average molecular weight is 400 g/mol. The Morgan fingerprint density at radius 3 is 2.70 bits per heavy atom. The zero-order chi connectivity index (χ0) is 21.1. The lowest BCUT2D eigenvalue weighted by Crippen LogP contribution is -2.42. The largest absolute Gasteiger partial charge is 0.329 e. The van der Waals surface area contributed by atoms with Crippen LogP contribution in [0.2, 0.25) is 0 Å². The fourth-order valence-electron chi connectivity index (χ4n) is 3.82. The lowest BCUT2D eigenvalue weighted by atomic mass is 10.0. The molecule has 0 bridgehead atoms. The van der Waals surface area contributed by atoms with Gasteiger partial charge in [0.15, 0.2) is 0 Å². The van der Waals surface area contributed by atoms with Gasteiger partial charge in [-0.1, -0.05) is 49.9 Å². The van der Waals surface area contributed by atoms with Crippen LogP contribution in [0.5, 0.6) is 0 Å². The minimum atomic E-state index is 0.710. The van der Waals surface area contributed by atoms with Gasteiger partial charge in [-0.25, -0.2) is 4.99 Å². The number of fused-ring (bicyclic) bond motifs is 1. The highest BCUT2D eigenvalue weighted by molar-refractivity contribution is 6.29. The fourth-order valence-corrected chi connectivity index (χ4v) is 3.82. The molecule has 2 aliphatic heterocycles. The Kier molecular flexibility index (Phi) is 5.81. The third-order valence-corrected chi connectivity index (χ3v) is 5.55. The van der Waals surface area contributed by atoms with Gasteiger partial charge in [0.1, 0.15) is 17.5 Å². The van der Waals surface area contributed by atoms with Gasteiger partial charge in [-0.15, -0.1) is 0 Å². The van der Waals surface area contributed by atoms with E-state index in [1.807, 2.05) is 11.9 Å². The molecule has 2 aromatic carbocycles. The van der Waals surface area contributed by atoms with Gasteiger partial charge in [0, 0.05) is 32.9 Å². The molecule has 0 aromatic heterocycles. The molecule has 4 rings (SSSR count). The van der Waals surface area contributed by atoms with Crippen molar-refractivity contribution in [3.8, 4) is 11.1 Å². The molecule has 154 valence electrons. The molecule has 0 saturated heterocycles. The molecule has 0 radical (unpaired) electrons. The summed E-state index contributed by atoms with van der Waals surface area (Å²) in [4.78, 5) is 13.6. The summed E-state index contributed by atoms with van der Waals surface area (Å²) in [6.07, 6.45) is 3.17. The van der Waals surface area contributed by atoms with Gasteiger partial charge in [0.25, 0.3) is 0 Å². The van der Waals surface area contributed by atoms with Crippen molar-refractivity contribution >= 4 is 17.4 Å². The molecule has 0 atom stereocenters. The fraction of sp³-hybridized carbons (Fsp3) is 0.280. The average Bonchev–Trinajstić information content (AvgIpc) is 2.80. The number of benzene rings is 2. The van der Waals surface area contributed by atoms with Crippen molar-refractivity contribution in [2.45, 2.75) is 19.9 Å². The molecule has 0 amide bonds. The highest BCUT2D eigenvalue weighted by atomic mass is 15.3. The summed E-state index contributed by atoms with van der Waals surface area (Å²) in [6.45, 7) is 8.90.